The molecular weight excluding hydrogens is 194 g/mol. The van der Waals surface area contributed by atoms with E-state index in [-0.39, 0.29) is 12.4 Å². The Kier molecular flexibility index (Phi) is 2.60. The van der Waals surface area contributed by atoms with Crippen molar-refractivity contribution in [3.63, 3.8) is 0 Å². The number of hydrogen-bond donors (Lipinski definition) is 1. The average molecular weight is 216 g/mol. The molecule has 14 heavy (non-hydrogen) atoms. The highest BCUT2D eigenvalue weighted by molar-refractivity contribution is 5.85. The van der Waals surface area contributed by atoms with Crippen LogP contribution in [0, 0.1) is 29.1 Å². The van der Waals surface area contributed by atoms with E-state index in [2.05, 4.69) is 6.92 Å². The fourth-order valence-corrected chi connectivity index (χ4v) is 4.82. The second-order valence-electron chi connectivity index (χ2n) is 5.96. The Morgan fingerprint density at radius 3 is 2.21 bits per heavy atom. The Morgan fingerprint density at radius 2 is 1.71 bits per heavy atom. The molecule has 0 saturated heterocycles. The standard InChI is InChI=1S/C12H21N.ClH/c1-8-11-3-9-2-10(4-11)6-12(8,5-9)7-13;/h8-11H,2-7,13H2,1H3;1H. The molecule has 3 unspecified atom stereocenters. The van der Waals surface area contributed by atoms with Gasteiger partial charge in [-0.2, -0.15) is 0 Å². The highest BCUT2D eigenvalue weighted by atomic mass is 35.5. The lowest BCUT2D eigenvalue weighted by Gasteiger charge is -2.60. The van der Waals surface area contributed by atoms with E-state index in [0.29, 0.717) is 5.41 Å². The molecule has 0 aromatic heterocycles. The topological polar surface area (TPSA) is 26.0 Å². The monoisotopic (exact) mass is 215 g/mol. The first-order chi connectivity index (χ1) is 6.23. The largest absolute Gasteiger partial charge is 0.330 e. The summed E-state index contributed by atoms with van der Waals surface area (Å²) >= 11 is 0. The lowest BCUT2D eigenvalue weighted by Crippen LogP contribution is -2.54. The van der Waals surface area contributed by atoms with Gasteiger partial charge in [-0.25, -0.2) is 0 Å². The van der Waals surface area contributed by atoms with Gasteiger partial charge in [0.05, 0.1) is 0 Å². The maximum absolute atomic E-state index is 6.02. The number of nitrogens with two attached hydrogens (primary N) is 1. The summed E-state index contributed by atoms with van der Waals surface area (Å²) in [5.41, 5.74) is 6.60. The predicted molar refractivity (Wildman–Crippen MR) is 61.5 cm³/mol. The van der Waals surface area contributed by atoms with Gasteiger partial charge in [-0.05, 0) is 67.7 Å². The maximum atomic E-state index is 6.02. The van der Waals surface area contributed by atoms with Crippen molar-refractivity contribution >= 4 is 12.4 Å². The molecule has 0 aliphatic heterocycles. The van der Waals surface area contributed by atoms with Gasteiger partial charge in [0, 0.05) is 0 Å². The minimum atomic E-state index is 0. The quantitative estimate of drug-likeness (QED) is 0.716. The molecule has 0 amide bonds. The molecule has 4 fully saturated rings. The van der Waals surface area contributed by atoms with Gasteiger partial charge in [0.1, 0.15) is 0 Å². The van der Waals surface area contributed by atoms with Crippen molar-refractivity contribution in [1.82, 2.24) is 0 Å². The molecule has 4 saturated carbocycles. The highest BCUT2D eigenvalue weighted by Crippen LogP contribution is 2.62. The molecule has 4 rings (SSSR count). The van der Waals surface area contributed by atoms with Crippen LogP contribution in [0.2, 0.25) is 0 Å². The lowest BCUT2D eigenvalue weighted by atomic mass is 9.45. The zero-order chi connectivity index (χ0) is 9.05. The summed E-state index contributed by atoms with van der Waals surface area (Å²) < 4.78 is 0. The van der Waals surface area contributed by atoms with E-state index in [4.69, 9.17) is 5.73 Å². The van der Waals surface area contributed by atoms with E-state index in [1.54, 1.807) is 0 Å². The van der Waals surface area contributed by atoms with E-state index >= 15 is 0 Å². The first-order valence-corrected chi connectivity index (χ1v) is 5.93. The molecule has 1 nitrogen and oxygen atoms in total. The first-order valence-electron chi connectivity index (χ1n) is 5.93. The summed E-state index contributed by atoms with van der Waals surface area (Å²) in [7, 11) is 0. The van der Waals surface area contributed by atoms with Crippen molar-refractivity contribution in [3.05, 3.63) is 0 Å². The van der Waals surface area contributed by atoms with Gasteiger partial charge >= 0.3 is 0 Å². The minimum Gasteiger partial charge on any atom is -0.330 e. The average Bonchev–Trinajstić information content (AvgIpc) is 2.12. The van der Waals surface area contributed by atoms with Crippen LogP contribution in [0.25, 0.3) is 0 Å². The van der Waals surface area contributed by atoms with Gasteiger partial charge in [0.15, 0.2) is 0 Å². The van der Waals surface area contributed by atoms with Gasteiger partial charge in [0.25, 0.3) is 0 Å². The molecule has 0 spiro atoms. The zero-order valence-corrected chi connectivity index (χ0v) is 9.85. The Bertz CT molecular complexity index is 214. The third kappa shape index (κ3) is 1.25. The minimum absolute atomic E-state index is 0. The van der Waals surface area contributed by atoms with Crippen molar-refractivity contribution in [1.29, 1.82) is 0 Å². The Morgan fingerprint density at radius 1 is 1.14 bits per heavy atom. The molecule has 4 aliphatic rings. The first kappa shape index (κ1) is 10.8. The number of rotatable bonds is 1. The third-order valence-electron chi connectivity index (χ3n) is 5.41. The summed E-state index contributed by atoms with van der Waals surface area (Å²) in [4.78, 5) is 0. The fraction of sp³-hybridized carbons (Fsp3) is 1.00. The van der Waals surface area contributed by atoms with Crippen molar-refractivity contribution in [2.24, 2.45) is 34.8 Å². The van der Waals surface area contributed by atoms with Crippen LogP contribution in [-0.4, -0.2) is 6.54 Å². The molecule has 3 atom stereocenters. The number of hydrogen-bond acceptors (Lipinski definition) is 1. The fourth-order valence-electron chi connectivity index (χ4n) is 4.82. The van der Waals surface area contributed by atoms with E-state index in [9.17, 15) is 0 Å². The molecule has 2 heteroatoms. The molecule has 2 N–H and O–H groups in total. The van der Waals surface area contributed by atoms with E-state index in [1.165, 1.54) is 32.1 Å². The smallest absolute Gasteiger partial charge is 0.00177 e. The molecule has 4 aliphatic carbocycles. The molecule has 0 radical (unpaired) electrons. The van der Waals surface area contributed by atoms with E-state index < -0.39 is 0 Å². The predicted octanol–water partition coefficient (Wildman–Crippen LogP) is 2.83. The van der Waals surface area contributed by atoms with Crippen molar-refractivity contribution < 1.29 is 0 Å². The van der Waals surface area contributed by atoms with Crippen LogP contribution in [0.5, 0.6) is 0 Å². The molecular formula is C12H22ClN. The zero-order valence-electron chi connectivity index (χ0n) is 9.04. The molecule has 0 aromatic carbocycles. The molecule has 4 bridgehead atoms. The van der Waals surface area contributed by atoms with E-state index in [0.717, 1.165) is 30.2 Å². The van der Waals surface area contributed by atoms with Gasteiger partial charge in [-0.3, -0.25) is 0 Å². The van der Waals surface area contributed by atoms with Gasteiger partial charge in [0.2, 0.25) is 0 Å². The second kappa shape index (κ2) is 3.38. The van der Waals surface area contributed by atoms with Crippen molar-refractivity contribution in [3.8, 4) is 0 Å². The Balaban J connectivity index is 0.000000750. The van der Waals surface area contributed by atoms with Crippen LogP contribution in [0.1, 0.15) is 39.0 Å². The summed E-state index contributed by atoms with van der Waals surface area (Å²) in [5, 5.41) is 0. The Labute approximate surface area is 93.2 Å². The summed E-state index contributed by atoms with van der Waals surface area (Å²) in [6, 6.07) is 0. The normalized spacial score (nSPS) is 54.4. The highest BCUT2D eigenvalue weighted by Gasteiger charge is 2.54. The Hall–Kier alpha value is 0.250. The molecule has 0 aromatic rings. The van der Waals surface area contributed by atoms with Gasteiger partial charge < -0.3 is 5.73 Å². The summed E-state index contributed by atoms with van der Waals surface area (Å²) in [6.07, 6.45) is 7.50. The van der Waals surface area contributed by atoms with Crippen LogP contribution in [0.15, 0.2) is 0 Å². The van der Waals surface area contributed by atoms with Crippen LogP contribution in [0.4, 0.5) is 0 Å². The molecule has 82 valence electrons. The van der Waals surface area contributed by atoms with Crippen molar-refractivity contribution in [2.75, 3.05) is 6.54 Å². The van der Waals surface area contributed by atoms with Crippen LogP contribution < -0.4 is 5.73 Å². The summed E-state index contributed by atoms with van der Waals surface area (Å²) in [6.45, 7) is 3.42. The van der Waals surface area contributed by atoms with Gasteiger partial charge in [-0.1, -0.05) is 6.92 Å². The maximum Gasteiger partial charge on any atom is -0.00177 e. The van der Waals surface area contributed by atoms with Gasteiger partial charge in [-0.15, -0.1) is 12.4 Å². The third-order valence-corrected chi connectivity index (χ3v) is 5.41. The SMILES string of the molecule is CC1C2CC3CC(C2)CC1(CN)C3.Cl. The lowest BCUT2D eigenvalue weighted by molar-refractivity contribution is -0.0959. The van der Waals surface area contributed by atoms with Crippen molar-refractivity contribution in [2.45, 2.75) is 39.0 Å². The van der Waals surface area contributed by atoms with Crippen LogP contribution in [0.3, 0.4) is 0 Å². The van der Waals surface area contributed by atoms with E-state index in [1.807, 2.05) is 0 Å². The van der Waals surface area contributed by atoms with Crippen LogP contribution >= 0.6 is 12.4 Å². The summed E-state index contributed by atoms with van der Waals surface area (Å²) in [5.74, 6) is 4.06. The molecule has 0 heterocycles. The second-order valence-corrected chi connectivity index (χ2v) is 5.96. The number of halogens is 1. The van der Waals surface area contributed by atoms with Crippen LogP contribution in [-0.2, 0) is 0 Å².